The maximum absolute atomic E-state index is 2.68. The minimum Gasteiger partial charge on any atom is -0.311 e. The van der Waals surface area contributed by atoms with Crippen LogP contribution in [0, 0.1) is 0 Å². The molecule has 0 saturated carbocycles. The largest absolute Gasteiger partial charge is 0.311 e. The third-order valence-electron chi connectivity index (χ3n) is 22.1. The SMILES string of the molecule is CC(C)(C)c1ccc(N(c2ccc3c(c2)N(c2cc(C(C)(C)C)cc(C(C)(C)C)c2)c2cc(-c4ccccc4-c4ccccc4)cc4c2B3c2ccc(N(c3ccc(C(C)(C)C)cc3)c3ccccc3-c3ccccc3)cc2N4c2cc(C(C)(C)C)cc(C(C)(C)C)c2)c2ccccc2-c2ccccc2)cc1. The summed E-state index contributed by atoms with van der Waals surface area (Å²) < 4.78 is 0. The summed E-state index contributed by atoms with van der Waals surface area (Å²) in [6.07, 6.45) is 0. The molecule has 0 radical (unpaired) electrons. The van der Waals surface area contributed by atoms with E-state index in [-0.39, 0.29) is 39.2 Å². The standard InChI is InChI=1S/C102H103BN4/c1-97(2,3)72-46-50-78(51-47-72)104(90-44-32-30-42-86(90)69-36-24-20-25-37-69)80-54-56-88-92(66-80)106(82-62-74(99(7,8)9)60-75(63-82)100(10,11)12)94-58-71(85-41-29-28-40-84(85)68-34-22-19-23-35-68)59-95-96(94)103(88)89-57-55-81(67-93(89)107(95)83-64-76(101(13,14)15)61-77(65-83)102(16,17)18)105(79-52-48-73(49-53-79)98(4,5)6)91-45-33-31-43-87(91)70-38-26-21-27-39-70/h19-67H,1-18H3. The molecule has 107 heavy (non-hydrogen) atoms. The molecule has 2 aliphatic rings. The molecule has 4 nitrogen and oxygen atoms in total. The third kappa shape index (κ3) is 13.8. The molecule has 0 aromatic heterocycles. The van der Waals surface area contributed by atoms with Gasteiger partial charge in [-0.25, -0.2) is 0 Å². The van der Waals surface area contributed by atoms with Gasteiger partial charge in [0.2, 0.25) is 0 Å². The van der Waals surface area contributed by atoms with Gasteiger partial charge in [-0.2, -0.15) is 0 Å². The first-order valence-corrected chi connectivity index (χ1v) is 38.5. The number of rotatable bonds is 12. The molecule has 2 aliphatic heterocycles. The Morgan fingerprint density at radius 2 is 0.505 bits per heavy atom. The zero-order valence-electron chi connectivity index (χ0n) is 66.2. The lowest BCUT2D eigenvalue weighted by atomic mass is 9.33. The van der Waals surface area contributed by atoms with Gasteiger partial charge in [0.1, 0.15) is 0 Å². The van der Waals surface area contributed by atoms with Crippen molar-refractivity contribution in [3.8, 4) is 44.5 Å². The van der Waals surface area contributed by atoms with Crippen LogP contribution < -0.4 is 36.0 Å². The minimum atomic E-state index is -0.243. The maximum Gasteiger partial charge on any atom is 0.252 e. The van der Waals surface area contributed by atoms with E-state index in [0.29, 0.717) is 0 Å². The Hall–Kier alpha value is -10.9. The van der Waals surface area contributed by atoms with Crippen molar-refractivity contribution in [3.63, 3.8) is 0 Å². The summed E-state index contributed by atoms with van der Waals surface area (Å²) in [6, 6.07) is 114. The van der Waals surface area contributed by atoms with Crippen molar-refractivity contribution in [2.75, 3.05) is 19.6 Å². The van der Waals surface area contributed by atoms with Gasteiger partial charge in [0.25, 0.3) is 6.71 Å². The first kappa shape index (κ1) is 71.7. The molecule has 0 N–H and O–H groups in total. The van der Waals surface area contributed by atoms with Crippen LogP contribution in [0.25, 0.3) is 44.5 Å². The number of para-hydroxylation sites is 2. The molecule has 15 rings (SSSR count). The molecule has 0 bridgehead atoms. The van der Waals surface area contributed by atoms with Crippen molar-refractivity contribution in [1.29, 1.82) is 0 Å². The topological polar surface area (TPSA) is 13.0 Å². The van der Waals surface area contributed by atoms with Crippen LogP contribution in [-0.2, 0) is 32.5 Å². The van der Waals surface area contributed by atoms with E-state index in [1.807, 2.05) is 0 Å². The van der Waals surface area contributed by atoms with E-state index in [4.69, 9.17) is 0 Å². The fourth-order valence-electron chi connectivity index (χ4n) is 15.9. The monoisotopic (exact) mass is 1390 g/mol. The molecule has 13 aromatic rings. The normalized spacial score (nSPS) is 13.1. The number of nitrogens with zero attached hydrogens (tertiary/aromatic N) is 4. The van der Waals surface area contributed by atoms with E-state index in [2.05, 4.69) is 441 Å². The van der Waals surface area contributed by atoms with Crippen LogP contribution in [0.2, 0.25) is 0 Å². The second-order valence-corrected chi connectivity index (χ2v) is 36.0. The van der Waals surface area contributed by atoms with Crippen molar-refractivity contribution in [2.24, 2.45) is 0 Å². The summed E-state index contributed by atoms with van der Waals surface area (Å²) in [4.78, 5) is 10.4. The molecule has 0 atom stereocenters. The summed E-state index contributed by atoms with van der Waals surface area (Å²) in [7, 11) is 0. The number of benzene rings is 13. The Labute approximate surface area is 639 Å². The van der Waals surface area contributed by atoms with Gasteiger partial charge in [0, 0.05) is 68.0 Å². The van der Waals surface area contributed by atoms with E-state index in [1.54, 1.807) is 0 Å². The van der Waals surface area contributed by atoms with Crippen LogP contribution in [-0.4, -0.2) is 6.71 Å². The van der Waals surface area contributed by atoms with Crippen LogP contribution in [0.15, 0.2) is 297 Å². The molecule has 0 aliphatic carbocycles. The lowest BCUT2D eigenvalue weighted by Gasteiger charge is -2.46. The van der Waals surface area contributed by atoms with Gasteiger partial charge < -0.3 is 19.6 Å². The summed E-state index contributed by atoms with van der Waals surface area (Å²) >= 11 is 0. The predicted molar refractivity (Wildman–Crippen MR) is 464 cm³/mol. The number of hydrogen-bond donors (Lipinski definition) is 0. The summed E-state index contributed by atoms with van der Waals surface area (Å²) in [5.41, 5.74) is 33.2. The highest BCUT2D eigenvalue weighted by Gasteiger charge is 2.46. The first-order chi connectivity index (χ1) is 50.9. The molecule has 2 heterocycles. The fourth-order valence-corrected chi connectivity index (χ4v) is 15.9. The molecule has 534 valence electrons. The number of fused-ring (bicyclic) bond motifs is 4. The van der Waals surface area contributed by atoms with Gasteiger partial charge in [-0.05, 0) is 213 Å². The van der Waals surface area contributed by atoms with Crippen molar-refractivity contribution >= 4 is 91.3 Å². The quantitative estimate of drug-likeness (QED) is 0.113. The van der Waals surface area contributed by atoms with Crippen molar-refractivity contribution in [2.45, 2.75) is 157 Å². The lowest BCUT2D eigenvalue weighted by molar-refractivity contribution is 0.568. The second kappa shape index (κ2) is 27.2. The van der Waals surface area contributed by atoms with E-state index in [9.17, 15) is 0 Å². The summed E-state index contributed by atoms with van der Waals surface area (Å²) in [5, 5.41) is 0. The zero-order valence-corrected chi connectivity index (χ0v) is 66.2. The zero-order chi connectivity index (χ0) is 75.3. The fraction of sp³-hybridized carbons (Fsp3) is 0.235. The highest BCUT2D eigenvalue weighted by molar-refractivity contribution is 7.00. The van der Waals surface area contributed by atoms with Gasteiger partial charge in [-0.1, -0.05) is 325 Å². The van der Waals surface area contributed by atoms with Gasteiger partial charge in [0.15, 0.2) is 0 Å². The molecule has 0 unspecified atom stereocenters. The highest BCUT2D eigenvalue weighted by atomic mass is 15.2. The van der Waals surface area contributed by atoms with Gasteiger partial charge >= 0.3 is 0 Å². The van der Waals surface area contributed by atoms with E-state index < -0.39 is 0 Å². The van der Waals surface area contributed by atoms with Crippen LogP contribution in [0.1, 0.15) is 158 Å². The molecule has 0 saturated heterocycles. The average Bonchev–Trinajstić information content (AvgIpc) is 0.690. The van der Waals surface area contributed by atoms with E-state index >= 15 is 0 Å². The van der Waals surface area contributed by atoms with Gasteiger partial charge in [-0.15, -0.1) is 0 Å². The number of anilines is 12. The first-order valence-electron chi connectivity index (χ1n) is 38.5. The molecular weight excluding hydrogens is 1290 g/mol. The molecule has 5 heteroatoms. The van der Waals surface area contributed by atoms with E-state index in [0.717, 1.165) is 102 Å². The Morgan fingerprint density at radius 1 is 0.224 bits per heavy atom. The minimum absolute atomic E-state index is 0.0443. The maximum atomic E-state index is 2.68. The van der Waals surface area contributed by atoms with Crippen molar-refractivity contribution in [3.05, 3.63) is 331 Å². The van der Waals surface area contributed by atoms with Crippen LogP contribution in [0.4, 0.5) is 68.2 Å². The molecule has 13 aromatic carbocycles. The smallest absolute Gasteiger partial charge is 0.252 e. The van der Waals surface area contributed by atoms with Crippen molar-refractivity contribution < 1.29 is 0 Å². The average molecular weight is 1400 g/mol. The van der Waals surface area contributed by atoms with Crippen LogP contribution in [0.3, 0.4) is 0 Å². The Kier molecular flexibility index (Phi) is 18.2. The molecule has 0 fully saturated rings. The van der Waals surface area contributed by atoms with Crippen molar-refractivity contribution in [1.82, 2.24) is 0 Å². The van der Waals surface area contributed by atoms with Crippen LogP contribution >= 0.6 is 0 Å². The Morgan fingerprint density at radius 3 is 0.832 bits per heavy atom. The Bertz CT molecular complexity index is 5090. The van der Waals surface area contributed by atoms with Gasteiger partial charge in [0.05, 0.1) is 11.4 Å². The van der Waals surface area contributed by atoms with Gasteiger partial charge in [-0.3, -0.25) is 0 Å². The molecule has 0 spiro atoms. The van der Waals surface area contributed by atoms with Crippen LogP contribution in [0.5, 0.6) is 0 Å². The van der Waals surface area contributed by atoms with E-state index in [1.165, 1.54) is 60.9 Å². The predicted octanol–water partition coefficient (Wildman–Crippen LogP) is 27.2. The number of hydrogen-bond acceptors (Lipinski definition) is 4. The molecule has 0 amide bonds. The second-order valence-electron chi connectivity index (χ2n) is 36.0. The lowest BCUT2D eigenvalue weighted by Crippen LogP contribution is -2.61. The Balaban J connectivity index is 1.10. The highest BCUT2D eigenvalue weighted by Crippen LogP contribution is 2.53. The molecular formula is C102H103BN4. The third-order valence-corrected chi connectivity index (χ3v) is 22.1. The summed E-state index contributed by atoms with van der Waals surface area (Å²) in [5.74, 6) is 0. The summed E-state index contributed by atoms with van der Waals surface area (Å²) in [6.45, 7) is 42.0.